The lowest BCUT2D eigenvalue weighted by Crippen LogP contribution is -2.01. The minimum Gasteiger partial charge on any atom is -0.399 e. The van der Waals surface area contributed by atoms with Gasteiger partial charge in [0.05, 0.1) is 41.4 Å². The van der Waals surface area contributed by atoms with Crippen molar-refractivity contribution >= 4 is 33.2 Å². The average Bonchev–Trinajstić information content (AvgIpc) is 3.47. The summed E-state index contributed by atoms with van der Waals surface area (Å²) in [6.07, 6.45) is 3.34. The first-order valence-electron chi connectivity index (χ1n) is 11.7. The fourth-order valence-corrected chi connectivity index (χ4v) is 4.16. The van der Waals surface area contributed by atoms with Crippen LogP contribution in [0.15, 0.2) is 97.3 Å². The number of benzene rings is 4. The summed E-state index contributed by atoms with van der Waals surface area (Å²) < 4.78 is 29.8. The Bertz CT molecular complexity index is 1760. The number of halogens is 2. The van der Waals surface area contributed by atoms with Gasteiger partial charge in [0, 0.05) is 28.6 Å². The van der Waals surface area contributed by atoms with Crippen LogP contribution in [0.1, 0.15) is 11.1 Å². The molecule has 0 aliphatic rings. The smallest absolute Gasteiger partial charge is 0.270 e. The second-order valence-corrected chi connectivity index (χ2v) is 8.68. The summed E-state index contributed by atoms with van der Waals surface area (Å²) in [7, 11) is 0. The number of hydrogen-bond donors (Lipinski definition) is 1. The van der Waals surface area contributed by atoms with Crippen LogP contribution < -0.4 is 5.73 Å². The third-order valence-corrected chi connectivity index (χ3v) is 5.94. The van der Waals surface area contributed by atoms with Crippen molar-refractivity contribution in [3.05, 3.63) is 130 Å². The van der Waals surface area contributed by atoms with Gasteiger partial charge in [-0.05, 0) is 59.7 Å². The molecule has 0 spiro atoms. The van der Waals surface area contributed by atoms with Crippen LogP contribution in [0.2, 0.25) is 0 Å². The topological polar surface area (TPSA) is 105 Å². The standard InChI is InChI=1S/C14H10FN3O2.C14H12FN3/c15-12-3-1-2-10(6-12)9-17-14-5-4-13(18(19)20)7-11(14)8-16-17;15-12-3-1-2-10(6-12)9-18-14-5-4-13(16)7-11(14)8-17-18/h1-8H,9H2;1-8H,9,16H2. The number of nitro benzene ring substituents is 1. The number of hydrogen-bond acceptors (Lipinski definition) is 5. The second kappa shape index (κ2) is 10.5. The molecule has 0 aliphatic heterocycles. The largest absolute Gasteiger partial charge is 0.399 e. The molecule has 0 saturated heterocycles. The lowest BCUT2D eigenvalue weighted by atomic mass is 10.2. The number of fused-ring (bicyclic) bond motifs is 2. The van der Waals surface area contributed by atoms with Gasteiger partial charge in [0.25, 0.3) is 5.69 Å². The van der Waals surface area contributed by atoms with E-state index >= 15 is 0 Å². The minimum atomic E-state index is -0.441. The molecule has 0 aliphatic carbocycles. The zero-order chi connectivity index (χ0) is 26.6. The van der Waals surface area contributed by atoms with E-state index in [1.807, 2.05) is 35.0 Å². The summed E-state index contributed by atoms with van der Waals surface area (Å²) in [5.41, 5.74) is 9.91. The summed E-state index contributed by atoms with van der Waals surface area (Å²) in [4.78, 5) is 10.3. The Kier molecular flexibility index (Phi) is 6.77. The van der Waals surface area contributed by atoms with Gasteiger partial charge >= 0.3 is 0 Å². The molecule has 0 saturated carbocycles. The van der Waals surface area contributed by atoms with Crippen molar-refractivity contribution < 1.29 is 13.7 Å². The van der Waals surface area contributed by atoms with E-state index < -0.39 is 4.92 Å². The molecule has 2 N–H and O–H groups in total. The number of nitrogens with zero attached hydrogens (tertiary/aromatic N) is 5. The van der Waals surface area contributed by atoms with Crippen molar-refractivity contribution in [3.8, 4) is 0 Å². The molecule has 0 amide bonds. The molecule has 0 radical (unpaired) electrons. The number of nitro groups is 1. The molecule has 6 rings (SSSR count). The Labute approximate surface area is 215 Å². The maximum absolute atomic E-state index is 13.1. The maximum atomic E-state index is 13.1. The van der Waals surface area contributed by atoms with E-state index in [0.29, 0.717) is 24.2 Å². The van der Waals surface area contributed by atoms with Crippen LogP contribution in [-0.4, -0.2) is 24.5 Å². The van der Waals surface area contributed by atoms with E-state index in [0.717, 1.165) is 27.5 Å². The minimum absolute atomic E-state index is 0.0304. The van der Waals surface area contributed by atoms with Crippen LogP contribution in [0, 0.1) is 21.7 Å². The van der Waals surface area contributed by atoms with Crippen molar-refractivity contribution in [2.45, 2.75) is 13.1 Å². The van der Waals surface area contributed by atoms with E-state index in [2.05, 4.69) is 10.2 Å². The highest BCUT2D eigenvalue weighted by Gasteiger charge is 2.10. The summed E-state index contributed by atoms with van der Waals surface area (Å²) in [6, 6.07) is 23.0. The number of non-ortho nitro benzene ring substituents is 1. The predicted molar refractivity (Wildman–Crippen MR) is 142 cm³/mol. The molecule has 2 heterocycles. The van der Waals surface area contributed by atoms with Crippen LogP contribution in [0.4, 0.5) is 20.2 Å². The maximum Gasteiger partial charge on any atom is 0.270 e. The number of anilines is 1. The lowest BCUT2D eigenvalue weighted by molar-refractivity contribution is -0.384. The van der Waals surface area contributed by atoms with Gasteiger partial charge in [-0.15, -0.1) is 0 Å². The van der Waals surface area contributed by atoms with Gasteiger partial charge in [-0.3, -0.25) is 19.5 Å². The zero-order valence-corrected chi connectivity index (χ0v) is 20.0. The van der Waals surface area contributed by atoms with Gasteiger partial charge in [-0.2, -0.15) is 10.2 Å². The molecule has 4 aromatic carbocycles. The van der Waals surface area contributed by atoms with Gasteiger partial charge in [-0.25, -0.2) is 8.78 Å². The molecule has 0 atom stereocenters. The van der Waals surface area contributed by atoms with E-state index in [1.54, 1.807) is 35.3 Å². The molecule has 2 aromatic heterocycles. The predicted octanol–water partition coefficient (Wildman–Crippen LogP) is 5.94. The Morgan fingerprint density at radius 1 is 0.737 bits per heavy atom. The number of aromatic nitrogens is 4. The average molecular weight is 513 g/mol. The van der Waals surface area contributed by atoms with Crippen molar-refractivity contribution in [1.82, 2.24) is 19.6 Å². The van der Waals surface area contributed by atoms with E-state index in [4.69, 9.17) is 5.73 Å². The third kappa shape index (κ3) is 5.49. The highest BCUT2D eigenvalue weighted by Crippen LogP contribution is 2.21. The third-order valence-electron chi connectivity index (χ3n) is 5.94. The van der Waals surface area contributed by atoms with E-state index in [9.17, 15) is 18.9 Å². The zero-order valence-electron chi connectivity index (χ0n) is 20.0. The molecule has 0 bridgehead atoms. The number of rotatable bonds is 5. The molecule has 0 fully saturated rings. The van der Waals surface area contributed by atoms with E-state index in [-0.39, 0.29) is 17.3 Å². The number of nitrogen functional groups attached to an aromatic ring is 1. The molecule has 8 nitrogen and oxygen atoms in total. The molecular formula is C28H22F2N6O2. The highest BCUT2D eigenvalue weighted by atomic mass is 19.1. The van der Waals surface area contributed by atoms with Crippen LogP contribution in [-0.2, 0) is 13.1 Å². The summed E-state index contributed by atoms with van der Waals surface area (Å²) in [5, 5.41) is 20.9. The summed E-state index contributed by atoms with van der Waals surface area (Å²) in [5.74, 6) is -0.525. The SMILES string of the molecule is Nc1ccc2c(cnn2Cc2cccc(F)c2)c1.O=[N+]([O-])c1ccc2c(cnn2Cc2cccc(F)c2)c1. The molecule has 190 valence electrons. The Balaban J connectivity index is 0.000000156. The van der Waals surface area contributed by atoms with Crippen LogP contribution in [0.25, 0.3) is 21.8 Å². The monoisotopic (exact) mass is 512 g/mol. The molecular weight excluding hydrogens is 490 g/mol. The first-order valence-corrected chi connectivity index (χ1v) is 11.7. The van der Waals surface area contributed by atoms with Gasteiger partial charge in [0.2, 0.25) is 0 Å². The Morgan fingerprint density at radius 3 is 1.79 bits per heavy atom. The Morgan fingerprint density at radius 2 is 1.26 bits per heavy atom. The fourth-order valence-electron chi connectivity index (χ4n) is 4.16. The summed E-state index contributed by atoms with van der Waals surface area (Å²) >= 11 is 0. The molecule has 38 heavy (non-hydrogen) atoms. The van der Waals surface area contributed by atoms with Crippen LogP contribution >= 0.6 is 0 Å². The summed E-state index contributed by atoms with van der Waals surface area (Å²) in [6.45, 7) is 0.963. The second-order valence-electron chi connectivity index (χ2n) is 8.68. The quantitative estimate of drug-likeness (QED) is 0.175. The molecule has 10 heteroatoms. The van der Waals surface area contributed by atoms with Crippen molar-refractivity contribution in [1.29, 1.82) is 0 Å². The van der Waals surface area contributed by atoms with Gasteiger partial charge in [-0.1, -0.05) is 24.3 Å². The lowest BCUT2D eigenvalue weighted by Gasteiger charge is -2.04. The fraction of sp³-hybridized carbons (Fsp3) is 0.0714. The van der Waals surface area contributed by atoms with Crippen molar-refractivity contribution in [2.24, 2.45) is 0 Å². The first-order chi connectivity index (χ1) is 18.4. The van der Waals surface area contributed by atoms with E-state index in [1.165, 1.54) is 36.4 Å². The van der Waals surface area contributed by atoms with Crippen LogP contribution in [0.3, 0.4) is 0 Å². The van der Waals surface area contributed by atoms with Gasteiger partial charge in [0.1, 0.15) is 11.6 Å². The Hall–Kier alpha value is -5.12. The normalized spacial score (nSPS) is 10.9. The molecule has 0 unspecified atom stereocenters. The highest BCUT2D eigenvalue weighted by molar-refractivity contribution is 5.82. The van der Waals surface area contributed by atoms with Crippen molar-refractivity contribution in [3.63, 3.8) is 0 Å². The van der Waals surface area contributed by atoms with Gasteiger partial charge < -0.3 is 5.73 Å². The van der Waals surface area contributed by atoms with Gasteiger partial charge in [0.15, 0.2) is 0 Å². The first kappa shape index (κ1) is 24.6. The number of nitrogens with two attached hydrogens (primary N) is 1. The van der Waals surface area contributed by atoms with Crippen LogP contribution in [0.5, 0.6) is 0 Å². The molecule has 6 aromatic rings. The van der Waals surface area contributed by atoms with Crippen molar-refractivity contribution in [2.75, 3.05) is 5.73 Å².